The summed E-state index contributed by atoms with van der Waals surface area (Å²) in [6, 6.07) is 11.7. The summed E-state index contributed by atoms with van der Waals surface area (Å²) in [5.41, 5.74) is 2.01. The Bertz CT molecular complexity index is 1280. The first-order valence-corrected chi connectivity index (χ1v) is 12.2. The van der Waals surface area contributed by atoms with Crippen LogP contribution >= 0.6 is 11.6 Å². The van der Waals surface area contributed by atoms with Gasteiger partial charge in [-0.2, -0.15) is 5.10 Å². The van der Waals surface area contributed by atoms with Crippen LogP contribution in [0.25, 0.3) is 0 Å². The van der Waals surface area contributed by atoms with Gasteiger partial charge in [0.05, 0.1) is 38.6 Å². The van der Waals surface area contributed by atoms with Crippen molar-refractivity contribution in [2.24, 2.45) is 0 Å². The second-order valence-corrected chi connectivity index (χ2v) is 11.0. The van der Waals surface area contributed by atoms with Crippen LogP contribution in [-0.4, -0.2) is 30.7 Å². The second-order valence-electron chi connectivity index (χ2n) is 8.75. The van der Waals surface area contributed by atoms with Crippen LogP contribution < -0.4 is 9.62 Å². The normalized spacial score (nSPS) is 14.2. The molecule has 0 atom stereocenters. The minimum Gasteiger partial charge on any atom is -0.319 e. The second kappa shape index (κ2) is 8.26. The van der Waals surface area contributed by atoms with E-state index in [9.17, 15) is 13.2 Å². The number of halogens is 1. The molecule has 0 radical (unpaired) electrons. The van der Waals surface area contributed by atoms with Crippen LogP contribution in [0, 0.1) is 0 Å². The number of para-hydroxylation sites is 1. The summed E-state index contributed by atoms with van der Waals surface area (Å²) in [6.45, 7) is 6.37. The highest BCUT2D eigenvalue weighted by molar-refractivity contribution is 7.92. The van der Waals surface area contributed by atoms with E-state index < -0.39 is 15.9 Å². The first-order chi connectivity index (χ1) is 15.1. The lowest BCUT2D eigenvalue weighted by Crippen LogP contribution is -2.35. The summed E-state index contributed by atoms with van der Waals surface area (Å²) in [5, 5.41) is 7.18. The summed E-state index contributed by atoms with van der Waals surface area (Å²) >= 11 is 6.26. The zero-order chi connectivity index (χ0) is 23.1. The van der Waals surface area contributed by atoms with Crippen LogP contribution in [0.4, 0.5) is 11.4 Å². The third-order valence-corrected chi connectivity index (χ3v) is 7.50. The maximum atomic E-state index is 13.4. The van der Waals surface area contributed by atoms with E-state index in [0.29, 0.717) is 17.9 Å². The van der Waals surface area contributed by atoms with Gasteiger partial charge in [0, 0.05) is 12.7 Å². The highest BCUT2D eigenvalue weighted by Gasteiger charge is 2.30. The highest BCUT2D eigenvalue weighted by Crippen LogP contribution is 2.33. The average molecular weight is 473 g/mol. The SMILES string of the molecule is CC(C)(C)n1cc(NC(=O)c2cc(S(=O)(=O)N3CCCc4ccccc43)ccc2Cl)cn1. The zero-order valence-corrected chi connectivity index (χ0v) is 19.7. The molecule has 168 valence electrons. The van der Waals surface area contributed by atoms with Gasteiger partial charge in [0.15, 0.2) is 0 Å². The fourth-order valence-electron chi connectivity index (χ4n) is 3.67. The van der Waals surface area contributed by atoms with Crippen LogP contribution in [0.5, 0.6) is 0 Å². The van der Waals surface area contributed by atoms with Crippen LogP contribution in [0.2, 0.25) is 5.02 Å². The lowest BCUT2D eigenvalue weighted by Gasteiger charge is -2.30. The van der Waals surface area contributed by atoms with Gasteiger partial charge in [-0.3, -0.25) is 13.8 Å². The van der Waals surface area contributed by atoms with Crippen molar-refractivity contribution in [2.45, 2.75) is 44.0 Å². The maximum absolute atomic E-state index is 13.4. The van der Waals surface area contributed by atoms with E-state index in [1.807, 2.05) is 45.0 Å². The number of aryl methyl sites for hydroxylation is 1. The van der Waals surface area contributed by atoms with Gasteiger partial charge < -0.3 is 5.32 Å². The van der Waals surface area contributed by atoms with E-state index in [1.165, 1.54) is 22.5 Å². The summed E-state index contributed by atoms with van der Waals surface area (Å²) < 4.78 is 30.0. The van der Waals surface area contributed by atoms with Gasteiger partial charge in [-0.15, -0.1) is 0 Å². The molecule has 1 aliphatic heterocycles. The molecule has 3 aromatic rings. The van der Waals surface area contributed by atoms with Crippen LogP contribution in [-0.2, 0) is 22.0 Å². The summed E-state index contributed by atoms with van der Waals surface area (Å²) in [4.78, 5) is 12.9. The molecule has 7 nitrogen and oxygen atoms in total. The van der Waals surface area contributed by atoms with Gasteiger partial charge in [-0.25, -0.2) is 8.42 Å². The van der Waals surface area contributed by atoms with Crippen molar-refractivity contribution in [3.05, 3.63) is 71.0 Å². The molecule has 4 rings (SSSR count). The van der Waals surface area contributed by atoms with Gasteiger partial charge in [0.2, 0.25) is 0 Å². The number of benzene rings is 2. The first-order valence-electron chi connectivity index (χ1n) is 10.3. The average Bonchev–Trinajstić information content (AvgIpc) is 3.22. The molecular weight excluding hydrogens is 448 g/mol. The lowest BCUT2D eigenvalue weighted by molar-refractivity contribution is 0.102. The molecule has 0 spiro atoms. The number of hydrogen-bond acceptors (Lipinski definition) is 4. The first kappa shape index (κ1) is 22.4. The fraction of sp³-hybridized carbons (Fsp3) is 0.304. The van der Waals surface area contributed by atoms with Crippen LogP contribution in [0.15, 0.2) is 59.8 Å². The molecule has 0 unspecified atom stereocenters. The number of aromatic nitrogens is 2. The number of carbonyl (C=O) groups excluding carboxylic acids is 1. The lowest BCUT2D eigenvalue weighted by atomic mass is 10.0. The Kier molecular flexibility index (Phi) is 5.77. The predicted molar refractivity (Wildman–Crippen MR) is 126 cm³/mol. The molecule has 1 aliphatic rings. The molecule has 0 fully saturated rings. The quantitative estimate of drug-likeness (QED) is 0.597. The fourth-order valence-corrected chi connectivity index (χ4v) is 5.44. The molecule has 2 aromatic carbocycles. The van der Waals surface area contributed by atoms with E-state index in [4.69, 9.17) is 11.6 Å². The van der Waals surface area contributed by atoms with Crippen molar-refractivity contribution >= 4 is 38.9 Å². The Labute approximate surface area is 193 Å². The molecule has 9 heteroatoms. The summed E-state index contributed by atoms with van der Waals surface area (Å²) in [6.07, 6.45) is 4.83. The summed E-state index contributed by atoms with van der Waals surface area (Å²) in [5.74, 6) is -0.500. The Morgan fingerprint density at radius 1 is 1.16 bits per heavy atom. The third kappa shape index (κ3) is 4.25. The molecule has 2 heterocycles. The topological polar surface area (TPSA) is 84.3 Å². The molecule has 32 heavy (non-hydrogen) atoms. The number of carbonyl (C=O) groups is 1. The number of anilines is 2. The number of fused-ring (bicyclic) bond motifs is 1. The highest BCUT2D eigenvalue weighted by atomic mass is 35.5. The molecule has 0 bridgehead atoms. The van der Waals surface area contributed by atoms with Crippen molar-refractivity contribution in [3.8, 4) is 0 Å². The minimum atomic E-state index is -3.86. The Hall–Kier alpha value is -2.84. The van der Waals surface area contributed by atoms with E-state index >= 15 is 0 Å². The van der Waals surface area contributed by atoms with Crippen molar-refractivity contribution < 1.29 is 13.2 Å². The van der Waals surface area contributed by atoms with Gasteiger partial charge >= 0.3 is 0 Å². The summed E-state index contributed by atoms with van der Waals surface area (Å²) in [7, 11) is -3.86. The Balaban J connectivity index is 1.64. The standard InChI is InChI=1S/C23H25ClN4O3S/c1-23(2,3)28-15-17(14-25-28)26-22(29)19-13-18(10-11-20(19)24)32(30,31)27-12-6-8-16-7-4-5-9-21(16)27/h4-5,7,9-11,13-15H,6,8,12H2,1-3H3,(H,26,29). The Morgan fingerprint density at radius 3 is 2.62 bits per heavy atom. The van der Waals surface area contributed by atoms with Crippen molar-refractivity contribution in [1.29, 1.82) is 0 Å². The third-order valence-electron chi connectivity index (χ3n) is 5.37. The van der Waals surface area contributed by atoms with Crippen LogP contribution in [0.3, 0.4) is 0 Å². The maximum Gasteiger partial charge on any atom is 0.264 e. The van der Waals surface area contributed by atoms with E-state index in [-0.39, 0.29) is 21.0 Å². The molecular formula is C23H25ClN4O3S. The smallest absolute Gasteiger partial charge is 0.264 e. The van der Waals surface area contributed by atoms with Gasteiger partial charge in [-0.1, -0.05) is 29.8 Å². The molecule has 1 aromatic heterocycles. The minimum absolute atomic E-state index is 0.0224. The van der Waals surface area contributed by atoms with Gasteiger partial charge in [0.1, 0.15) is 0 Å². The zero-order valence-electron chi connectivity index (χ0n) is 18.2. The number of hydrogen-bond donors (Lipinski definition) is 1. The van der Waals surface area contributed by atoms with Crippen molar-refractivity contribution in [2.75, 3.05) is 16.2 Å². The molecule has 0 saturated heterocycles. The molecule has 0 saturated carbocycles. The van der Waals surface area contributed by atoms with Gasteiger partial charge in [-0.05, 0) is 63.4 Å². The van der Waals surface area contributed by atoms with Crippen LogP contribution in [0.1, 0.15) is 43.1 Å². The van der Waals surface area contributed by atoms with Crippen molar-refractivity contribution in [3.63, 3.8) is 0 Å². The number of rotatable bonds is 4. The number of nitrogens with one attached hydrogen (secondary N) is 1. The Morgan fingerprint density at radius 2 is 1.91 bits per heavy atom. The monoisotopic (exact) mass is 472 g/mol. The molecule has 1 N–H and O–H groups in total. The van der Waals surface area contributed by atoms with Gasteiger partial charge in [0.25, 0.3) is 15.9 Å². The number of amides is 1. The molecule has 1 amide bonds. The van der Waals surface area contributed by atoms with E-state index in [2.05, 4.69) is 10.4 Å². The van der Waals surface area contributed by atoms with E-state index in [1.54, 1.807) is 17.1 Å². The van der Waals surface area contributed by atoms with Crippen molar-refractivity contribution in [1.82, 2.24) is 9.78 Å². The number of nitrogens with zero attached hydrogens (tertiary/aromatic N) is 3. The predicted octanol–water partition coefficient (Wildman–Crippen LogP) is 4.69. The van der Waals surface area contributed by atoms with E-state index in [0.717, 1.165) is 18.4 Å². The largest absolute Gasteiger partial charge is 0.319 e. The molecule has 0 aliphatic carbocycles. The number of sulfonamides is 1.